The summed E-state index contributed by atoms with van der Waals surface area (Å²) < 4.78 is 0. The van der Waals surface area contributed by atoms with Gasteiger partial charge in [0, 0.05) is 13.5 Å². The van der Waals surface area contributed by atoms with E-state index in [1.807, 2.05) is 0 Å². The second-order valence-electron chi connectivity index (χ2n) is 3.52. The first-order valence-corrected chi connectivity index (χ1v) is 5.07. The van der Waals surface area contributed by atoms with Crippen LogP contribution in [0.4, 0.5) is 0 Å². The maximum absolute atomic E-state index is 10.6. The van der Waals surface area contributed by atoms with Crippen molar-refractivity contribution in [1.82, 2.24) is 5.32 Å². The molecule has 1 rings (SSSR count). The molecule has 0 atom stereocenters. The van der Waals surface area contributed by atoms with Crippen LogP contribution in [0, 0.1) is 0 Å². The van der Waals surface area contributed by atoms with Crippen LogP contribution >= 0.6 is 0 Å². The maximum atomic E-state index is 10.6. The number of carbonyl (C=O) groups is 1. The first-order valence-electron chi connectivity index (χ1n) is 5.07. The quantitative estimate of drug-likeness (QED) is 0.339. The Morgan fingerprint density at radius 1 is 1.41 bits per heavy atom. The molecule has 6 nitrogen and oxygen atoms in total. The molecule has 0 saturated carbocycles. The van der Waals surface area contributed by atoms with E-state index >= 15 is 0 Å². The van der Waals surface area contributed by atoms with Crippen molar-refractivity contribution in [2.75, 3.05) is 6.54 Å². The summed E-state index contributed by atoms with van der Waals surface area (Å²) in [6.07, 6.45) is 0.550. The topological polar surface area (TPSA) is 108 Å². The molecule has 1 aromatic carbocycles. The predicted octanol–water partition coefficient (Wildman–Crippen LogP) is 0.0911. The van der Waals surface area contributed by atoms with Crippen LogP contribution in [0.25, 0.3) is 0 Å². The molecule has 5 N–H and O–H groups in total. The van der Waals surface area contributed by atoms with E-state index in [2.05, 4.69) is 10.3 Å². The fourth-order valence-electron chi connectivity index (χ4n) is 1.25. The number of nitrogens with two attached hydrogens (primary N) is 1. The van der Waals surface area contributed by atoms with Crippen molar-refractivity contribution in [3.8, 4) is 11.5 Å². The molecule has 0 spiro atoms. The molecule has 17 heavy (non-hydrogen) atoms. The third-order valence-corrected chi connectivity index (χ3v) is 2.03. The Morgan fingerprint density at radius 2 is 2.12 bits per heavy atom. The van der Waals surface area contributed by atoms with E-state index in [1.54, 1.807) is 6.07 Å². The van der Waals surface area contributed by atoms with Crippen LogP contribution in [0.5, 0.6) is 11.5 Å². The minimum absolute atomic E-state index is 0.0699. The summed E-state index contributed by atoms with van der Waals surface area (Å²) in [6.45, 7) is 1.73. The van der Waals surface area contributed by atoms with Gasteiger partial charge in [0.1, 0.15) is 0 Å². The van der Waals surface area contributed by atoms with Crippen molar-refractivity contribution in [2.24, 2.45) is 10.7 Å². The molecule has 0 aliphatic heterocycles. The fraction of sp³-hybridized carbons (Fsp3) is 0.273. The molecule has 0 aliphatic carbocycles. The SMILES string of the molecule is CC(=O)NC(N)=NCCc1ccc(O)c(O)c1. The molecule has 0 bridgehead atoms. The van der Waals surface area contributed by atoms with Crippen molar-refractivity contribution in [1.29, 1.82) is 0 Å². The molecule has 0 radical (unpaired) electrons. The van der Waals surface area contributed by atoms with E-state index in [9.17, 15) is 9.90 Å². The summed E-state index contributed by atoms with van der Waals surface area (Å²) in [6, 6.07) is 4.55. The van der Waals surface area contributed by atoms with Crippen LogP contribution in [-0.2, 0) is 11.2 Å². The third kappa shape index (κ3) is 4.42. The first kappa shape index (κ1) is 12.8. The van der Waals surface area contributed by atoms with Gasteiger partial charge in [0.25, 0.3) is 0 Å². The Hall–Kier alpha value is -2.24. The van der Waals surface area contributed by atoms with Crippen molar-refractivity contribution in [3.63, 3.8) is 0 Å². The number of aliphatic imine (C=N–C) groups is 1. The van der Waals surface area contributed by atoms with Gasteiger partial charge in [-0.3, -0.25) is 15.1 Å². The number of amides is 1. The number of nitrogens with one attached hydrogen (secondary N) is 1. The minimum atomic E-state index is -0.270. The Kier molecular flexibility index (Phi) is 4.33. The van der Waals surface area contributed by atoms with Crippen LogP contribution in [0.15, 0.2) is 23.2 Å². The van der Waals surface area contributed by atoms with Crippen molar-refractivity contribution < 1.29 is 15.0 Å². The highest BCUT2D eigenvalue weighted by atomic mass is 16.3. The molecule has 0 fully saturated rings. The Morgan fingerprint density at radius 3 is 2.71 bits per heavy atom. The van der Waals surface area contributed by atoms with Gasteiger partial charge in [-0.2, -0.15) is 0 Å². The third-order valence-electron chi connectivity index (χ3n) is 2.03. The average Bonchev–Trinajstić information content (AvgIpc) is 2.22. The lowest BCUT2D eigenvalue weighted by molar-refractivity contribution is -0.117. The Bertz CT molecular complexity index is 444. The van der Waals surface area contributed by atoms with Crippen molar-refractivity contribution >= 4 is 11.9 Å². The number of aromatic hydroxyl groups is 2. The molecule has 0 saturated heterocycles. The molecule has 92 valence electrons. The number of rotatable bonds is 3. The summed E-state index contributed by atoms with van der Waals surface area (Å²) in [5.41, 5.74) is 6.24. The zero-order chi connectivity index (χ0) is 12.8. The van der Waals surface area contributed by atoms with Gasteiger partial charge >= 0.3 is 0 Å². The fourth-order valence-corrected chi connectivity index (χ4v) is 1.25. The molecule has 0 unspecified atom stereocenters. The number of guanidine groups is 1. The normalized spacial score (nSPS) is 11.2. The van der Waals surface area contributed by atoms with Crippen molar-refractivity contribution in [2.45, 2.75) is 13.3 Å². The standard InChI is InChI=1S/C11H15N3O3/c1-7(15)14-11(12)13-5-4-8-2-3-9(16)10(17)6-8/h2-3,6,16-17H,4-5H2,1H3,(H3,12,13,14,15). The number of phenols is 2. The lowest BCUT2D eigenvalue weighted by Gasteiger charge is -2.03. The van der Waals surface area contributed by atoms with Gasteiger partial charge in [0.05, 0.1) is 0 Å². The smallest absolute Gasteiger partial charge is 0.223 e. The number of phenolic OH excluding ortho intramolecular Hbond substituents is 2. The van der Waals surface area contributed by atoms with Gasteiger partial charge < -0.3 is 15.9 Å². The van der Waals surface area contributed by atoms with E-state index in [0.29, 0.717) is 13.0 Å². The van der Waals surface area contributed by atoms with E-state index in [4.69, 9.17) is 10.8 Å². The molecule has 0 aliphatic rings. The summed E-state index contributed by atoms with van der Waals surface area (Å²) in [5.74, 6) is -0.523. The van der Waals surface area contributed by atoms with Crippen LogP contribution in [0.1, 0.15) is 12.5 Å². The van der Waals surface area contributed by atoms with Gasteiger partial charge in [-0.15, -0.1) is 0 Å². The minimum Gasteiger partial charge on any atom is -0.504 e. The predicted molar refractivity (Wildman–Crippen MR) is 63.8 cm³/mol. The molecule has 6 heteroatoms. The highest BCUT2D eigenvalue weighted by molar-refractivity contribution is 5.94. The molecule has 1 aromatic rings. The van der Waals surface area contributed by atoms with Crippen LogP contribution in [0.2, 0.25) is 0 Å². The summed E-state index contributed by atoms with van der Waals surface area (Å²) >= 11 is 0. The van der Waals surface area contributed by atoms with Crippen LogP contribution in [-0.4, -0.2) is 28.6 Å². The average molecular weight is 237 g/mol. The summed E-state index contributed by atoms with van der Waals surface area (Å²) in [7, 11) is 0. The lowest BCUT2D eigenvalue weighted by Crippen LogP contribution is -2.35. The zero-order valence-corrected chi connectivity index (χ0v) is 9.47. The second kappa shape index (κ2) is 5.74. The number of benzene rings is 1. The van der Waals surface area contributed by atoms with Crippen molar-refractivity contribution in [3.05, 3.63) is 23.8 Å². The second-order valence-corrected chi connectivity index (χ2v) is 3.52. The number of carbonyl (C=O) groups excluding carboxylic acids is 1. The monoisotopic (exact) mass is 237 g/mol. The molecule has 1 amide bonds. The highest BCUT2D eigenvalue weighted by Crippen LogP contribution is 2.24. The van der Waals surface area contributed by atoms with Gasteiger partial charge in [0.2, 0.25) is 5.91 Å². The molecular formula is C11H15N3O3. The van der Waals surface area contributed by atoms with E-state index in [0.717, 1.165) is 5.56 Å². The first-order chi connectivity index (χ1) is 7.99. The lowest BCUT2D eigenvalue weighted by atomic mass is 10.1. The summed E-state index contributed by atoms with van der Waals surface area (Å²) in [5, 5.41) is 20.7. The largest absolute Gasteiger partial charge is 0.504 e. The van der Waals surface area contributed by atoms with Gasteiger partial charge in [-0.05, 0) is 24.1 Å². The van der Waals surface area contributed by atoms with Gasteiger partial charge in [-0.25, -0.2) is 0 Å². The Labute approximate surface area is 98.8 Å². The highest BCUT2D eigenvalue weighted by Gasteiger charge is 2.00. The van der Waals surface area contributed by atoms with Gasteiger partial charge in [-0.1, -0.05) is 6.07 Å². The van der Waals surface area contributed by atoms with Crippen LogP contribution in [0.3, 0.4) is 0 Å². The van der Waals surface area contributed by atoms with E-state index < -0.39 is 0 Å². The number of nitrogens with zero attached hydrogens (tertiary/aromatic N) is 1. The number of hydrogen-bond donors (Lipinski definition) is 4. The van der Waals surface area contributed by atoms with Crippen LogP contribution < -0.4 is 11.1 Å². The zero-order valence-electron chi connectivity index (χ0n) is 9.47. The molecular weight excluding hydrogens is 222 g/mol. The Balaban J connectivity index is 2.50. The number of hydrogen-bond acceptors (Lipinski definition) is 4. The molecule has 0 heterocycles. The molecule has 0 aromatic heterocycles. The summed E-state index contributed by atoms with van der Waals surface area (Å²) in [4.78, 5) is 14.6. The maximum Gasteiger partial charge on any atom is 0.223 e. The van der Waals surface area contributed by atoms with Gasteiger partial charge in [0.15, 0.2) is 17.5 Å². The van der Waals surface area contributed by atoms with E-state index in [1.165, 1.54) is 19.1 Å². The van der Waals surface area contributed by atoms with E-state index in [-0.39, 0.29) is 23.4 Å².